The maximum absolute atomic E-state index is 12.5. The highest BCUT2D eigenvalue weighted by Crippen LogP contribution is 2.54. The highest BCUT2D eigenvalue weighted by atomic mass is 16.5. The Bertz CT molecular complexity index is 416. The van der Waals surface area contributed by atoms with Crippen molar-refractivity contribution in [1.29, 1.82) is 0 Å². The molecule has 5 nitrogen and oxygen atoms in total. The standard InChI is InChI=1S/C19H33NO4/c1-3-22-17-12-16(19(17)9-5-6-10-19)20-18(21)14(2)24-13-15-8-4-7-11-23-15/h14-17H,3-13H2,1-2H3,(H,20,21). The second-order valence-corrected chi connectivity index (χ2v) is 7.65. The van der Waals surface area contributed by atoms with Crippen LogP contribution in [0.5, 0.6) is 0 Å². The van der Waals surface area contributed by atoms with E-state index in [9.17, 15) is 4.79 Å². The summed E-state index contributed by atoms with van der Waals surface area (Å²) in [6, 6.07) is 0.251. The van der Waals surface area contributed by atoms with Gasteiger partial charge in [0, 0.05) is 24.7 Å². The molecule has 4 atom stereocenters. The molecule has 3 rings (SSSR count). The van der Waals surface area contributed by atoms with E-state index >= 15 is 0 Å². The van der Waals surface area contributed by atoms with Crippen LogP contribution in [0, 0.1) is 5.41 Å². The van der Waals surface area contributed by atoms with Crippen molar-refractivity contribution in [3.8, 4) is 0 Å². The fraction of sp³-hybridized carbons (Fsp3) is 0.947. The van der Waals surface area contributed by atoms with Crippen molar-refractivity contribution in [2.75, 3.05) is 19.8 Å². The SMILES string of the molecule is CCOC1CC(NC(=O)C(C)OCC2CCCCO2)C12CCCC2. The zero-order chi connectivity index (χ0) is 17.0. The van der Waals surface area contributed by atoms with Gasteiger partial charge in [0.15, 0.2) is 0 Å². The minimum atomic E-state index is -0.417. The zero-order valence-corrected chi connectivity index (χ0v) is 15.2. The van der Waals surface area contributed by atoms with Gasteiger partial charge >= 0.3 is 0 Å². The summed E-state index contributed by atoms with van der Waals surface area (Å²) >= 11 is 0. The number of hydrogen-bond acceptors (Lipinski definition) is 4. The average molecular weight is 339 g/mol. The molecule has 0 aromatic rings. The second-order valence-electron chi connectivity index (χ2n) is 7.65. The number of amides is 1. The van der Waals surface area contributed by atoms with E-state index in [0.29, 0.717) is 12.7 Å². The van der Waals surface area contributed by atoms with Crippen LogP contribution in [0.4, 0.5) is 0 Å². The van der Waals surface area contributed by atoms with E-state index in [1.807, 2.05) is 6.92 Å². The van der Waals surface area contributed by atoms with E-state index in [1.165, 1.54) is 32.1 Å². The molecule has 2 saturated carbocycles. The van der Waals surface area contributed by atoms with Crippen LogP contribution >= 0.6 is 0 Å². The minimum absolute atomic E-state index is 0.0111. The van der Waals surface area contributed by atoms with E-state index in [0.717, 1.165) is 32.5 Å². The van der Waals surface area contributed by atoms with E-state index in [2.05, 4.69) is 12.2 Å². The van der Waals surface area contributed by atoms with Crippen LogP contribution in [0.15, 0.2) is 0 Å². The van der Waals surface area contributed by atoms with Crippen molar-refractivity contribution in [2.45, 2.75) is 89.6 Å². The lowest BCUT2D eigenvalue weighted by atomic mass is 9.60. The van der Waals surface area contributed by atoms with Crippen LogP contribution in [-0.4, -0.2) is 50.1 Å². The molecule has 2 aliphatic carbocycles. The van der Waals surface area contributed by atoms with Gasteiger partial charge in [-0.3, -0.25) is 4.79 Å². The Balaban J connectivity index is 1.45. The molecule has 4 unspecified atom stereocenters. The lowest BCUT2D eigenvalue weighted by Gasteiger charge is -2.54. The van der Waals surface area contributed by atoms with Gasteiger partial charge in [0.1, 0.15) is 6.10 Å². The van der Waals surface area contributed by atoms with Gasteiger partial charge in [0.05, 0.1) is 18.8 Å². The molecule has 1 N–H and O–H groups in total. The Morgan fingerprint density at radius 1 is 1.29 bits per heavy atom. The highest BCUT2D eigenvalue weighted by molar-refractivity contribution is 5.80. The Kier molecular flexibility index (Phi) is 6.17. The molecule has 1 aliphatic heterocycles. The summed E-state index contributed by atoms with van der Waals surface area (Å²) in [6.07, 6.45) is 9.22. The van der Waals surface area contributed by atoms with Gasteiger partial charge in [-0.05, 0) is 52.4 Å². The zero-order valence-electron chi connectivity index (χ0n) is 15.2. The second kappa shape index (κ2) is 8.15. The molecular weight excluding hydrogens is 306 g/mol. The first kappa shape index (κ1) is 18.2. The molecular formula is C19H33NO4. The topological polar surface area (TPSA) is 56.8 Å². The summed E-state index contributed by atoms with van der Waals surface area (Å²) in [5, 5.41) is 3.24. The van der Waals surface area contributed by atoms with Gasteiger partial charge in [0.25, 0.3) is 0 Å². The van der Waals surface area contributed by atoms with Gasteiger partial charge in [-0.25, -0.2) is 0 Å². The first-order valence-corrected chi connectivity index (χ1v) is 9.81. The van der Waals surface area contributed by atoms with Gasteiger partial charge in [0.2, 0.25) is 5.91 Å². The number of hydrogen-bond donors (Lipinski definition) is 1. The molecule has 5 heteroatoms. The monoisotopic (exact) mass is 339 g/mol. The van der Waals surface area contributed by atoms with Gasteiger partial charge < -0.3 is 19.5 Å². The number of nitrogens with one attached hydrogen (secondary N) is 1. The van der Waals surface area contributed by atoms with Crippen LogP contribution in [-0.2, 0) is 19.0 Å². The first-order valence-electron chi connectivity index (χ1n) is 9.81. The molecule has 0 radical (unpaired) electrons. The average Bonchev–Trinajstić information content (AvgIpc) is 3.12. The molecule has 1 spiro atoms. The Morgan fingerprint density at radius 3 is 2.75 bits per heavy atom. The van der Waals surface area contributed by atoms with Crippen molar-refractivity contribution in [1.82, 2.24) is 5.32 Å². The molecule has 0 bridgehead atoms. The summed E-state index contributed by atoms with van der Waals surface area (Å²) in [5.41, 5.74) is 0.178. The molecule has 1 saturated heterocycles. The molecule has 1 heterocycles. The Hall–Kier alpha value is -0.650. The van der Waals surface area contributed by atoms with Crippen LogP contribution in [0.3, 0.4) is 0 Å². The molecule has 138 valence electrons. The number of carbonyl (C=O) groups excluding carboxylic acids is 1. The number of rotatable bonds is 7. The Labute approximate surface area is 145 Å². The molecule has 3 fully saturated rings. The largest absolute Gasteiger partial charge is 0.378 e. The Morgan fingerprint density at radius 2 is 2.08 bits per heavy atom. The highest BCUT2D eigenvalue weighted by Gasteiger charge is 2.57. The van der Waals surface area contributed by atoms with Crippen molar-refractivity contribution in [2.24, 2.45) is 5.41 Å². The van der Waals surface area contributed by atoms with Crippen molar-refractivity contribution in [3.05, 3.63) is 0 Å². The number of ether oxygens (including phenoxy) is 3. The van der Waals surface area contributed by atoms with E-state index in [1.54, 1.807) is 0 Å². The summed E-state index contributed by atoms with van der Waals surface area (Å²) in [5.74, 6) is 0.0111. The lowest BCUT2D eigenvalue weighted by molar-refractivity contribution is -0.152. The molecule has 24 heavy (non-hydrogen) atoms. The quantitative estimate of drug-likeness (QED) is 0.775. The summed E-state index contributed by atoms with van der Waals surface area (Å²) in [7, 11) is 0. The lowest BCUT2D eigenvalue weighted by Crippen LogP contribution is -2.64. The summed E-state index contributed by atoms with van der Waals surface area (Å²) in [6.45, 7) is 5.99. The van der Waals surface area contributed by atoms with E-state index in [-0.39, 0.29) is 23.5 Å². The third-order valence-electron chi connectivity index (χ3n) is 6.18. The maximum atomic E-state index is 12.5. The fourth-order valence-electron chi connectivity index (χ4n) is 4.64. The fourth-order valence-corrected chi connectivity index (χ4v) is 4.64. The van der Waals surface area contributed by atoms with Crippen LogP contribution in [0.1, 0.15) is 65.2 Å². The maximum Gasteiger partial charge on any atom is 0.249 e. The van der Waals surface area contributed by atoms with Crippen molar-refractivity contribution < 1.29 is 19.0 Å². The number of carbonyl (C=O) groups is 1. The molecule has 0 aromatic carbocycles. The van der Waals surface area contributed by atoms with Crippen LogP contribution < -0.4 is 5.32 Å². The third kappa shape index (κ3) is 3.78. The predicted molar refractivity (Wildman–Crippen MR) is 91.9 cm³/mol. The van der Waals surface area contributed by atoms with Gasteiger partial charge in [-0.1, -0.05) is 12.8 Å². The first-order chi connectivity index (χ1) is 11.7. The summed E-state index contributed by atoms with van der Waals surface area (Å²) < 4.78 is 17.4. The predicted octanol–water partition coefficient (Wildman–Crippen LogP) is 2.81. The third-order valence-corrected chi connectivity index (χ3v) is 6.18. The smallest absolute Gasteiger partial charge is 0.249 e. The molecule has 0 aromatic heterocycles. The van der Waals surface area contributed by atoms with Crippen LogP contribution in [0.2, 0.25) is 0 Å². The van der Waals surface area contributed by atoms with E-state index < -0.39 is 6.10 Å². The summed E-state index contributed by atoms with van der Waals surface area (Å²) in [4.78, 5) is 12.5. The van der Waals surface area contributed by atoms with Crippen LogP contribution in [0.25, 0.3) is 0 Å². The molecule has 3 aliphatic rings. The van der Waals surface area contributed by atoms with Crippen molar-refractivity contribution >= 4 is 5.91 Å². The van der Waals surface area contributed by atoms with E-state index in [4.69, 9.17) is 14.2 Å². The van der Waals surface area contributed by atoms with Crippen molar-refractivity contribution in [3.63, 3.8) is 0 Å². The van der Waals surface area contributed by atoms with Gasteiger partial charge in [-0.15, -0.1) is 0 Å². The molecule has 1 amide bonds. The minimum Gasteiger partial charge on any atom is -0.378 e. The normalized spacial score (nSPS) is 33.2. The van der Waals surface area contributed by atoms with Gasteiger partial charge in [-0.2, -0.15) is 0 Å².